The fraction of sp³-hybridized carbons (Fsp3) is 0.222. The first-order valence-electron chi connectivity index (χ1n) is 7.51. The van der Waals surface area contributed by atoms with Crippen LogP contribution in [-0.2, 0) is 0 Å². The summed E-state index contributed by atoms with van der Waals surface area (Å²) in [6.07, 6.45) is 0. The lowest BCUT2D eigenvalue weighted by Gasteiger charge is -2.18. The summed E-state index contributed by atoms with van der Waals surface area (Å²) < 4.78 is 0.899. The molecule has 0 unspecified atom stereocenters. The first-order chi connectivity index (χ1) is 11.0. The molecule has 0 saturated carbocycles. The van der Waals surface area contributed by atoms with Crippen molar-refractivity contribution in [1.29, 1.82) is 0 Å². The lowest BCUT2D eigenvalue weighted by Crippen LogP contribution is -2.30. The molecule has 2 aromatic carbocycles. The van der Waals surface area contributed by atoms with Crippen molar-refractivity contribution in [2.45, 2.75) is 13.8 Å². The number of benzene rings is 2. The summed E-state index contributed by atoms with van der Waals surface area (Å²) in [6, 6.07) is 14.1. The summed E-state index contributed by atoms with van der Waals surface area (Å²) in [4.78, 5) is 26.2. The molecule has 1 N–H and O–H groups in total. The first-order valence-corrected chi connectivity index (χ1v) is 8.30. The van der Waals surface area contributed by atoms with Crippen LogP contribution < -0.4 is 5.32 Å². The Kier molecular flexibility index (Phi) is 5.93. The second-order valence-corrected chi connectivity index (χ2v) is 5.93. The van der Waals surface area contributed by atoms with Crippen molar-refractivity contribution in [3.8, 4) is 0 Å². The molecule has 0 radical (unpaired) electrons. The normalized spacial score (nSPS) is 10.2. The minimum atomic E-state index is -0.204. The van der Waals surface area contributed by atoms with E-state index in [-0.39, 0.29) is 11.8 Å². The van der Waals surface area contributed by atoms with Gasteiger partial charge >= 0.3 is 0 Å². The molecule has 2 rings (SSSR count). The van der Waals surface area contributed by atoms with E-state index in [4.69, 9.17) is 0 Å². The Morgan fingerprint density at radius 3 is 2.17 bits per heavy atom. The lowest BCUT2D eigenvalue weighted by atomic mass is 10.1. The van der Waals surface area contributed by atoms with Crippen LogP contribution in [0.15, 0.2) is 53.0 Å². The van der Waals surface area contributed by atoms with Crippen LogP contribution >= 0.6 is 15.9 Å². The molecule has 4 nitrogen and oxygen atoms in total. The molecule has 0 aromatic heterocycles. The maximum atomic E-state index is 12.2. The third kappa shape index (κ3) is 4.42. The molecule has 0 aliphatic carbocycles. The minimum Gasteiger partial charge on any atom is -0.339 e. The number of halogens is 1. The van der Waals surface area contributed by atoms with E-state index in [2.05, 4.69) is 21.2 Å². The van der Waals surface area contributed by atoms with Gasteiger partial charge in [-0.3, -0.25) is 9.59 Å². The van der Waals surface area contributed by atoms with E-state index in [1.54, 1.807) is 29.2 Å². The third-order valence-corrected chi connectivity index (χ3v) is 4.02. The largest absolute Gasteiger partial charge is 0.339 e. The Morgan fingerprint density at radius 2 is 1.61 bits per heavy atom. The Balaban J connectivity index is 2.10. The van der Waals surface area contributed by atoms with Gasteiger partial charge in [-0.15, -0.1) is 0 Å². The third-order valence-electron chi connectivity index (χ3n) is 3.53. The topological polar surface area (TPSA) is 49.4 Å². The molecule has 2 aromatic rings. The summed E-state index contributed by atoms with van der Waals surface area (Å²) >= 11 is 3.37. The number of carbonyl (C=O) groups is 2. The smallest absolute Gasteiger partial charge is 0.255 e. The Labute approximate surface area is 144 Å². The van der Waals surface area contributed by atoms with Gasteiger partial charge in [0, 0.05) is 34.4 Å². The Hall–Kier alpha value is -2.14. The SMILES string of the molecule is CCN(CC)C(=O)c1ccc(C(=O)Nc2cccc(Br)c2)cc1. The van der Waals surface area contributed by atoms with E-state index >= 15 is 0 Å². The molecule has 0 saturated heterocycles. The number of rotatable bonds is 5. The average Bonchev–Trinajstić information content (AvgIpc) is 2.56. The van der Waals surface area contributed by atoms with E-state index in [9.17, 15) is 9.59 Å². The number of nitrogens with zero attached hydrogens (tertiary/aromatic N) is 1. The molecule has 2 amide bonds. The van der Waals surface area contributed by atoms with E-state index in [1.165, 1.54) is 0 Å². The van der Waals surface area contributed by atoms with Crippen LogP contribution in [0.2, 0.25) is 0 Å². The molecule has 23 heavy (non-hydrogen) atoms. The lowest BCUT2D eigenvalue weighted by molar-refractivity contribution is 0.0772. The molecule has 0 aliphatic heterocycles. The van der Waals surface area contributed by atoms with Crippen molar-refractivity contribution in [3.63, 3.8) is 0 Å². The predicted molar refractivity (Wildman–Crippen MR) is 95.8 cm³/mol. The van der Waals surface area contributed by atoms with E-state index < -0.39 is 0 Å². The minimum absolute atomic E-state index is 0.0195. The highest BCUT2D eigenvalue weighted by Gasteiger charge is 2.13. The zero-order valence-electron chi connectivity index (χ0n) is 13.2. The van der Waals surface area contributed by atoms with Gasteiger partial charge in [-0.25, -0.2) is 0 Å². The van der Waals surface area contributed by atoms with Crippen LogP contribution in [0.1, 0.15) is 34.6 Å². The van der Waals surface area contributed by atoms with Gasteiger partial charge in [0.15, 0.2) is 0 Å². The van der Waals surface area contributed by atoms with Crippen molar-refractivity contribution >= 4 is 33.4 Å². The number of amides is 2. The number of anilines is 1. The van der Waals surface area contributed by atoms with Crippen LogP contribution in [0.3, 0.4) is 0 Å². The van der Waals surface area contributed by atoms with Gasteiger partial charge in [-0.2, -0.15) is 0 Å². The summed E-state index contributed by atoms with van der Waals surface area (Å²) in [6.45, 7) is 5.23. The summed E-state index contributed by atoms with van der Waals surface area (Å²) in [5.41, 5.74) is 1.82. The Morgan fingerprint density at radius 1 is 1.00 bits per heavy atom. The van der Waals surface area contributed by atoms with Gasteiger partial charge < -0.3 is 10.2 Å². The van der Waals surface area contributed by atoms with Crippen molar-refractivity contribution in [2.75, 3.05) is 18.4 Å². The molecule has 0 bridgehead atoms. The van der Waals surface area contributed by atoms with E-state index in [0.717, 1.165) is 4.47 Å². The van der Waals surface area contributed by atoms with Gasteiger partial charge in [0.1, 0.15) is 0 Å². The summed E-state index contributed by atoms with van der Waals surface area (Å²) in [5, 5.41) is 2.83. The molecule has 0 fully saturated rings. The highest BCUT2D eigenvalue weighted by atomic mass is 79.9. The highest BCUT2D eigenvalue weighted by Crippen LogP contribution is 2.17. The van der Waals surface area contributed by atoms with E-state index in [0.29, 0.717) is 29.9 Å². The van der Waals surface area contributed by atoms with Crippen molar-refractivity contribution < 1.29 is 9.59 Å². The number of hydrogen-bond donors (Lipinski definition) is 1. The maximum absolute atomic E-state index is 12.2. The number of hydrogen-bond acceptors (Lipinski definition) is 2. The second kappa shape index (κ2) is 7.92. The molecular formula is C18H19BrN2O2. The van der Waals surface area contributed by atoms with Crippen LogP contribution in [0.5, 0.6) is 0 Å². The quantitative estimate of drug-likeness (QED) is 0.852. The van der Waals surface area contributed by atoms with Crippen molar-refractivity contribution in [1.82, 2.24) is 4.90 Å². The van der Waals surface area contributed by atoms with Crippen molar-refractivity contribution in [3.05, 3.63) is 64.1 Å². The second-order valence-electron chi connectivity index (χ2n) is 5.02. The van der Waals surface area contributed by atoms with Gasteiger partial charge in [0.2, 0.25) is 0 Å². The van der Waals surface area contributed by atoms with E-state index in [1.807, 2.05) is 38.1 Å². The fourth-order valence-corrected chi connectivity index (χ4v) is 2.63. The fourth-order valence-electron chi connectivity index (χ4n) is 2.23. The summed E-state index contributed by atoms with van der Waals surface area (Å²) in [5.74, 6) is -0.223. The molecule has 0 spiro atoms. The Bertz CT molecular complexity index is 694. The molecular weight excluding hydrogens is 356 g/mol. The van der Waals surface area contributed by atoms with Crippen LogP contribution in [0.4, 0.5) is 5.69 Å². The predicted octanol–water partition coefficient (Wildman–Crippen LogP) is 4.18. The summed E-state index contributed by atoms with van der Waals surface area (Å²) in [7, 11) is 0. The van der Waals surface area contributed by atoms with Crippen LogP contribution in [0, 0.1) is 0 Å². The molecule has 120 valence electrons. The number of carbonyl (C=O) groups excluding carboxylic acids is 2. The zero-order valence-corrected chi connectivity index (χ0v) is 14.8. The van der Waals surface area contributed by atoms with Gasteiger partial charge in [0.05, 0.1) is 0 Å². The van der Waals surface area contributed by atoms with Gasteiger partial charge in [0.25, 0.3) is 11.8 Å². The number of nitrogens with one attached hydrogen (secondary N) is 1. The molecule has 0 aliphatic rings. The van der Waals surface area contributed by atoms with Crippen LogP contribution in [-0.4, -0.2) is 29.8 Å². The van der Waals surface area contributed by atoms with Crippen LogP contribution in [0.25, 0.3) is 0 Å². The molecule has 0 heterocycles. The zero-order chi connectivity index (χ0) is 16.8. The van der Waals surface area contributed by atoms with Gasteiger partial charge in [-0.1, -0.05) is 22.0 Å². The molecule has 0 atom stereocenters. The first kappa shape index (κ1) is 17.2. The highest BCUT2D eigenvalue weighted by molar-refractivity contribution is 9.10. The van der Waals surface area contributed by atoms with Crippen molar-refractivity contribution in [2.24, 2.45) is 0 Å². The standard InChI is InChI=1S/C18H19BrN2O2/c1-3-21(4-2)18(23)14-10-8-13(9-11-14)17(22)20-16-7-5-6-15(19)12-16/h5-12H,3-4H2,1-2H3,(H,20,22). The average molecular weight is 375 g/mol. The maximum Gasteiger partial charge on any atom is 0.255 e. The van der Waals surface area contributed by atoms with Gasteiger partial charge in [-0.05, 0) is 56.3 Å². The molecule has 5 heteroatoms. The monoisotopic (exact) mass is 374 g/mol.